The fourth-order valence-corrected chi connectivity index (χ4v) is 3.59. The summed E-state index contributed by atoms with van der Waals surface area (Å²) in [5.74, 6) is 0.891. The molecule has 2 nitrogen and oxygen atoms in total. The molecule has 3 aromatic rings. The molecule has 3 aromatic carbocycles. The van der Waals surface area contributed by atoms with E-state index in [0.717, 1.165) is 22.6 Å². The van der Waals surface area contributed by atoms with Crippen LogP contribution in [-0.4, -0.2) is 12.8 Å². The Labute approximate surface area is 175 Å². The molecule has 3 rings (SSSR count). The molecule has 0 amide bonds. The highest BCUT2D eigenvalue weighted by atomic mass is 16.5. The van der Waals surface area contributed by atoms with Gasteiger partial charge in [-0.3, -0.25) is 4.99 Å². The zero-order valence-electron chi connectivity index (χ0n) is 18.4. The Balaban J connectivity index is 2.01. The van der Waals surface area contributed by atoms with Gasteiger partial charge < -0.3 is 4.74 Å². The fraction of sp³-hybridized carbons (Fsp3) is 0.296. The quantitative estimate of drug-likeness (QED) is 0.419. The van der Waals surface area contributed by atoms with Crippen LogP contribution in [0.2, 0.25) is 0 Å². The van der Waals surface area contributed by atoms with Crippen molar-refractivity contribution in [1.29, 1.82) is 0 Å². The predicted octanol–water partition coefficient (Wildman–Crippen LogP) is 7.42. The Morgan fingerprint density at radius 3 is 2.07 bits per heavy atom. The van der Waals surface area contributed by atoms with Crippen molar-refractivity contribution in [2.24, 2.45) is 4.99 Å². The lowest BCUT2D eigenvalue weighted by Gasteiger charge is -2.18. The van der Waals surface area contributed by atoms with Crippen molar-refractivity contribution in [3.63, 3.8) is 0 Å². The molecule has 0 aromatic heterocycles. The van der Waals surface area contributed by atoms with Crippen LogP contribution in [0.1, 0.15) is 49.9 Å². The van der Waals surface area contributed by atoms with Crippen molar-refractivity contribution in [3.8, 4) is 16.9 Å². The maximum atomic E-state index is 6.09. The van der Waals surface area contributed by atoms with Crippen molar-refractivity contribution in [1.82, 2.24) is 0 Å². The van der Waals surface area contributed by atoms with E-state index >= 15 is 0 Å². The first-order valence-corrected chi connectivity index (χ1v) is 10.3. The van der Waals surface area contributed by atoms with Crippen molar-refractivity contribution in [2.75, 3.05) is 6.61 Å². The lowest BCUT2D eigenvalue weighted by Crippen LogP contribution is -2.10. The second-order valence-corrected chi connectivity index (χ2v) is 8.48. The van der Waals surface area contributed by atoms with Crippen LogP contribution in [0.25, 0.3) is 11.1 Å². The summed E-state index contributed by atoms with van der Waals surface area (Å²) in [4.78, 5) is 4.72. The minimum absolute atomic E-state index is 0.143. The van der Waals surface area contributed by atoms with Gasteiger partial charge in [-0.05, 0) is 66.6 Å². The van der Waals surface area contributed by atoms with Gasteiger partial charge in [0, 0.05) is 17.3 Å². The van der Waals surface area contributed by atoms with E-state index < -0.39 is 0 Å². The van der Waals surface area contributed by atoms with Gasteiger partial charge in [0.25, 0.3) is 0 Å². The van der Waals surface area contributed by atoms with E-state index in [1.54, 1.807) is 0 Å². The molecular weight excluding hydrogens is 354 g/mol. The van der Waals surface area contributed by atoms with E-state index in [-0.39, 0.29) is 5.41 Å². The number of nitrogens with zero attached hydrogens (tertiary/aromatic N) is 1. The molecule has 0 saturated heterocycles. The lowest BCUT2D eigenvalue weighted by molar-refractivity contribution is 0.341. The highest BCUT2D eigenvalue weighted by molar-refractivity contribution is 5.91. The number of ether oxygens (including phenoxy) is 1. The van der Waals surface area contributed by atoms with Gasteiger partial charge in [0.1, 0.15) is 5.75 Å². The van der Waals surface area contributed by atoms with Gasteiger partial charge in [-0.1, -0.05) is 63.2 Å². The molecule has 0 radical (unpaired) electrons. The summed E-state index contributed by atoms with van der Waals surface area (Å²) in [6.45, 7) is 13.6. The van der Waals surface area contributed by atoms with Crippen LogP contribution in [0.3, 0.4) is 0 Å². The van der Waals surface area contributed by atoms with Crippen molar-refractivity contribution in [3.05, 3.63) is 82.9 Å². The molecule has 0 heterocycles. The zero-order valence-corrected chi connectivity index (χ0v) is 18.4. The van der Waals surface area contributed by atoms with E-state index in [9.17, 15) is 0 Å². The van der Waals surface area contributed by atoms with E-state index in [0.29, 0.717) is 6.61 Å². The van der Waals surface area contributed by atoms with E-state index in [4.69, 9.17) is 9.73 Å². The Bertz CT molecular complexity index is 987. The number of aliphatic imine (C=N–C) groups is 1. The van der Waals surface area contributed by atoms with Crippen LogP contribution in [0.15, 0.2) is 65.7 Å². The molecule has 29 heavy (non-hydrogen) atoms. The average Bonchev–Trinajstić information content (AvgIpc) is 2.67. The molecule has 150 valence electrons. The molecule has 0 aliphatic rings. The molecule has 0 saturated carbocycles. The first kappa shape index (κ1) is 20.9. The van der Waals surface area contributed by atoms with Crippen LogP contribution >= 0.6 is 0 Å². The summed E-state index contributed by atoms with van der Waals surface area (Å²) >= 11 is 0. The predicted molar refractivity (Wildman–Crippen MR) is 125 cm³/mol. The molecule has 0 aliphatic heterocycles. The number of hydrogen-bond acceptors (Lipinski definition) is 2. The smallest absolute Gasteiger partial charge is 0.135 e. The molecule has 0 N–H and O–H groups in total. The molecule has 0 unspecified atom stereocenters. The number of hydrogen-bond donors (Lipinski definition) is 0. The van der Waals surface area contributed by atoms with Crippen LogP contribution in [-0.2, 0) is 5.41 Å². The summed E-state index contributed by atoms with van der Waals surface area (Å²) in [6.07, 6.45) is 1.91. The van der Waals surface area contributed by atoms with Crippen molar-refractivity contribution >= 4 is 11.9 Å². The Hall–Kier alpha value is -2.87. The zero-order chi connectivity index (χ0) is 21.0. The first-order valence-electron chi connectivity index (χ1n) is 10.3. The van der Waals surface area contributed by atoms with Crippen molar-refractivity contribution in [2.45, 2.75) is 47.0 Å². The number of aryl methyl sites for hydroxylation is 2. The summed E-state index contributed by atoms with van der Waals surface area (Å²) in [5, 5.41) is 0. The van der Waals surface area contributed by atoms with E-state index in [1.807, 2.05) is 13.1 Å². The highest BCUT2D eigenvalue weighted by Gasteiger charge is 2.15. The third-order valence-corrected chi connectivity index (χ3v) is 5.17. The number of benzene rings is 3. The Morgan fingerprint density at radius 2 is 1.48 bits per heavy atom. The van der Waals surface area contributed by atoms with Gasteiger partial charge in [0.2, 0.25) is 0 Å². The van der Waals surface area contributed by atoms with Gasteiger partial charge in [-0.15, -0.1) is 0 Å². The van der Waals surface area contributed by atoms with Crippen LogP contribution in [0.4, 0.5) is 5.69 Å². The minimum Gasteiger partial charge on any atom is -0.493 e. The standard InChI is InChI=1S/C27H31NO/c1-7-29-26-21(18-28-23-16-14-22(15-17-23)27(4,5)6)12-9-13-24(26)25-19(2)10-8-11-20(25)3/h8-18H,7H2,1-6H3/b28-18+. The van der Waals surface area contributed by atoms with Gasteiger partial charge in [-0.2, -0.15) is 0 Å². The monoisotopic (exact) mass is 385 g/mol. The van der Waals surface area contributed by atoms with Gasteiger partial charge >= 0.3 is 0 Å². The van der Waals surface area contributed by atoms with Crippen LogP contribution in [0, 0.1) is 13.8 Å². The number of rotatable bonds is 5. The molecule has 0 bridgehead atoms. The minimum atomic E-state index is 0.143. The Morgan fingerprint density at radius 1 is 0.862 bits per heavy atom. The van der Waals surface area contributed by atoms with Gasteiger partial charge in [-0.25, -0.2) is 0 Å². The molecule has 0 fully saturated rings. The normalized spacial score (nSPS) is 11.8. The van der Waals surface area contributed by atoms with E-state index in [2.05, 4.69) is 95.3 Å². The molecule has 0 aliphatic carbocycles. The topological polar surface area (TPSA) is 21.6 Å². The van der Waals surface area contributed by atoms with Gasteiger partial charge in [0.05, 0.1) is 12.3 Å². The van der Waals surface area contributed by atoms with Crippen LogP contribution < -0.4 is 4.74 Å². The molecule has 0 atom stereocenters. The summed E-state index contributed by atoms with van der Waals surface area (Å²) in [6, 6.07) is 21.1. The molecular formula is C27H31NO. The second kappa shape index (κ2) is 8.65. The SMILES string of the molecule is CCOc1c(/C=N/c2ccc(C(C)(C)C)cc2)cccc1-c1c(C)cccc1C. The first-order chi connectivity index (χ1) is 13.8. The van der Waals surface area contributed by atoms with Gasteiger partial charge in [0.15, 0.2) is 0 Å². The number of para-hydroxylation sites is 1. The molecule has 2 heteroatoms. The third kappa shape index (κ3) is 4.76. The second-order valence-electron chi connectivity index (χ2n) is 8.48. The fourth-order valence-electron chi connectivity index (χ4n) is 3.59. The lowest BCUT2D eigenvalue weighted by atomic mass is 9.87. The van der Waals surface area contributed by atoms with Crippen molar-refractivity contribution < 1.29 is 4.74 Å². The van der Waals surface area contributed by atoms with E-state index in [1.165, 1.54) is 22.3 Å². The molecule has 0 spiro atoms. The highest BCUT2D eigenvalue weighted by Crippen LogP contribution is 2.37. The summed E-state index contributed by atoms with van der Waals surface area (Å²) in [5.41, 5.74) is 8.24. The average molecular weight is 386 g/mol. The maximum absolute atomic E-state index is 6.09. The maximum Gasteiger partial charge on any atom is 0.135 e. The Kier molecular flexibility index (Phi) is 6.22. The third-order valence-electron chi connectivity index (χ3n) is 5.17. The largest absolute Gasteiger partial charge is 0.493 e. The summed E-state index contributed by atoms with van der Waals surface area (Å²) < 4.78 is 6.09. The van der Waals surface area contributed by atoms with Crippen LogP contribution in [0.5, 0.6) is 5.75 Å². The summed E-state index contributed by atoms with van der Waals surface area (Å²) in [7, 11) is 0.